The van der Waals surface area contributed by atoms with Gasteiger partial charge >= 0.3 is 0 Å². The zero-order chi connectivity index (χ0) is 13.0. The smallest absolute Gasteiger partial charge is 0.0794 e. The highest BCUT2D eigenvalue weighted by atomic mass is 35.5. The molecule has 1 N–H and O–H groups in total. The van der Waals surface area contributed by atoms with Crippen LogP contribution in [-0.4, -0.2) is 19.8 Å². The van der Waals surface area contributed by atoms with Gasteiger partial charge in [0.15, 0.2) is 0 Å². The van der Waals surface area contributed by atoms with Gasteiger partial charge in [-0.3, -0.25) is 0 Å². The van der Waals surface area contributed by atoms with Crippen LogP contribution in [0.2, 0.25) is 5.02 Å². The predicted molar refractivity (Wildman–Crippen MR) is 76.0 cm³/mol. The van der Waals surface area contributed by atoms with Crippen molar-refractivity contribution in [1.82, 2.24) is 5.32 Å². The molecule has 1 aromatic rings. The molecule has 0 spiro atoms. The Labute approximate surface area is 115 Å². The molecular weight excluding hydrogens is 246 g/mol. The third kappa shape index (κ3) is 3.47. The third-order valence-corrected chi connectivity index (χ3v) is 3.78. The van der Waals surface area contributed by atoms with Crippen LogP contribution in [0.3, 0.4) is 0 Å². The van der Waals surface area contributed by atoms with Gasteiger partial charge in [0.05, 0.1) is 12.1 Å². The van der Waals surface area contributed by atoms with E-state index in [9.17, 15) is 0 Å². The third-order valence-electron chi connectivity index (χ3n) is 3.53. The van der Waals surface area contributed by atoms with Gasteiger partial charge in [0.2, 0.25) is 0 Å². The summed E-state index contributed by atoms with van der Waals surface area (Å²) in [5.74, 6) is 0.708. The second-order valence-electron chi connectivity index (χ2n) is 5.02. The van der Waals surface area contributed by atoms with Crippen molar-refractivity contribution in [3.63, 3.8) is 0 Å². The minimum atomic E-state index is 0.276. The quantitative estimate of drug-likeness (QED) is 0.811. The van der Waals surface area contributed by atoms with Crippen LogP contribution in [0.15, 0.2) is 24.3 Å². The summed E-state index contributed by atoms with van der Waals surface area (Å²) in [7, 11) is 1.82. The van der Waals surface area contributed by atoms with Crippen molar-refractivity contribution < 1.29 is 4.74 Å². The molecule has 0 amide bonds. The Morgan fingerprint density at radius 2 is 2.00 bits per heavy atom. The van der Waals surface area contributed by atoms with Gasteiger partial charge in [0.1, 0.15) is 0 Å². The van der Waals surface area contributed by atoms with Crippen molar-refractivity contribution in [2.24, 2.45) is 5.92 Å². The molecular formula is C15H22ClNO. The van der Waals surface area contributed by atoms with E-state index in [2.05, 4.69) is 24.4 Å². The van der Waals surface area contributed by atoms with Gasteiger partial charge < -0.3 is 10.1 Å². The Bertz CT molecular complexity index is 361. The minimum Gasteiger partial charge on any atom is -0.379 e. The highest BCUT2D eigenvalue weighted by Gasteiger charge is 2.37. The van der Waals surface area contributed by atoms with Crippen molar-refractivity contribution in [2.75, 3.05) is 13.7 Å². The van der Waals surface area contributed by atoms with Crippen LogP contribution in [0.5, 0.6) is 0 Å². The van der Waals surface area contributed by atoms with E-state index in [0.29, 0.717) is 5.92 Å². The normalized spacial score (nSPS) is 18.6. The maximum atomic E-state index is 5.96. The van der Waals surface area contributed by atoms with Crippen LogP contribution in [0.1, 0.15) is 37.8 Å². The number of ether oxygens (including phenoxy) is 1. The molecule has 1 saturated carbocycles. The second kappa shape index (κ2) is 6.55. The van der Waals surface area contributed by atoms with E-state index < -0.39 is 0 Å². The first-order valence-electron chi connectivity index (χ1n) is 6.78. The van der Waals surface area contributed by atoms with Gasteiger partial charge in [-0.15, -0.1) is 0 Å². The SMILES string of the molecule is CCCNC(c1ccc(Cl)cc1)C(OC)C1CC1. The summed E-state index contributed by atoms with van der Waals surface area (Å²) in [4.78, 5) is 0. The first-order chi connectivity index (χ1) is 8.76. The molecule has 100 valence electrons. The molecule has 1 aliphatic rings. The van der Waals surface area contributed by atoms with Gasteiger partial charge in [-0.2, -0.15) is 0 Å². The first kappa shape index (κ1) is 13.9. The monoisotopic (exact) mass is 267 g/mol. The Kier molecular flexibility index (Phi) is 5.04. The van der Waals surface area contributed by atoms with Gasteiger partial charge in [-0.25, -0.2) is 0 Å². The molecule has 18 heavy (non-hydrogen) atoms. The standard InChI is InChI=1S/C15H22ClNO/c1-3-10-17-14(15(18-2)12-4-5-12)11-6-8-13(16)9-7-11/h6-9,12,14-15,17H,3-5,10H2,1-2H3. The fourth-order valence-corrected chi connectivity index (χ4v) is 2.55. The van der Waals surface area contributed by atoms with Gasteiger partial charge in [-0.05, 0) is 49.4 Å². The molecule has 2 nitrogen and oxygen atoms in total. The van der Waals surface area contributed by atoms with E-state index in [4.69, 9.17) is 16.3 Å². The van der Waals surface area contributed by atoms with Crippen LogP contribution in [0, 0.1) is 5.92 Å². The number of methoxy groups -OCH3 is 1. The van der Waals surface area contributed by atoms with E-state index >= 15 is 0 Å². The summed E-state index contributed by atoms with van der Waals surface area (Å²) >= 11 is 5.96. The topological polar surface area (TPSA) is 21.3 Å². The van der Waals surface area contributed by atoms with Crippen LogP contribution >= 0.6 is 11.6 Å². The summed E-state index contributed by atoms with van der Waals surface area (Å²) in [5, 5.41) is 4.39. The summed E-state index contributed by atoms with van der Waals surface area (Å²) in [6.07, 6.45) is 3.98. The minimum absolute atomic E-state index is 0.276. The van der Waals surface area contributed by atoms with Crippen molar-refractivity contribution in [3.8, 4) is 0 Å². The molecule has 1 aliphatic carbocycles. The van der Waals surface area contributed by atoms with Crippen molar-refractivity contribution in [3.05, 3.63) is 34.9 Å². The van der Waals surface area contributed by atoms with Gasteiger partial charge in [0, 0.05) is 12.1 Å². The molecule has 0 aromatic heterocycles. The lowest BCUT2D eigenvalue weighted by Crippen LogP contribution is -2.35. The Balaban J connectivity index is 2.14. The fourth-order valence-electron chi connectivity index (χ4n) is 2.42. The second-order valence-corrected chi connectivity index (χ2v) is 5.46. The molecule has 0 bridgehead atoms. The first-order valence-corrected chi connectivity index (χ1v) is 7.15. The molecule has 2 rings (SSSR count). The van der Waals surface area contributed by atoms with Crippen molar-refractivity contribution in [1.29, 1.82) is 0 Å². The average molecular weight is 268 g/mol. The highest BCUT2D eigenvalue weighted by molar-refractivity contribution is 6.30. The molecule has 1 aromatic carbocycles. The molecule has 0 aliphatic heterocycles. The Hall–Kier alpha value is -0.570. The summed E-state index contributed by atoms with van der Waals surface area (Å²) in [6.45, 7) is 3.20. The number of hydrogen-bond acceptors (Lipinski definition) is 2. The fraction of sp³-hybridized carbons (Fsp3) is 0.600. The lowest BCUT2D eigenvalue weighted by Gasteiger charge is -2.27. The summed E-state index contributed by atoms with van der Waals surface area (Å²) < 4.78 is 5.72. The van der Waals surface area contributed by atoms with E-state index in [1.165, 1.54) is 18.4 Å². The van der Waals surface area contributed by atoms with Gasteiger partial charge in [0.25, 0.3) is 0 Å². The molecule has 0 radical (unpaired) electrons. The number of rotatable bonds is 7. The molecule has 3 heteroatoms. The molecule has 2 atom stereocenters. The van der Waals surface area contributed by atoms with Crippen molar-refractivity contribution >= 4 is 11.6 Å². The van der Waals surface area contributed by atoms with Crippen LogP contribution in [-0.2, 0) is 4.74 Å². The number of halogens is 1. The molecule has 0 heterocycles. The van der Waals surface area contributed by atoms with Crippen molar-refractivity contribution in [2.45, 2.75) is 38.3 Å². The summed E-state index contributed by atoms with van der Waals surface area (Å²) in [6, 6.07) is 8.39. The molecule has 2 unspecified atom stereocenters. The summed E-state index contributed by atoms with van der Waals surface area (Å²) in [5.41, 5.74) is 1.27. The van der Waals surface area contributed by atoms with Crippen LogP contribution in [0.25, 0.3) is 0 Å². The predicted octanol–water partition coefficient (Wildman–Crippen LogP) is 3.81. The zero-order valence-corrected chi connectivity index (χ0v) is 11.9. The zero-order valence-electron chi connectivity index (χ0n) is 11.2. The average Bonchev–Trinajstić information content (AvgIpc) is 3.20. The number of benzene rings is 1. The van der Waals surface area contributed by atoms with Crippen LogP contribution in [0.4, 0.5) is 0 Å². The van der Waals surface area contributed by atoms with Gasteiger partial charge in [-0.1, -0.05) is 30.7 Å². The van der Waals surface area contributed by atoms with E-state index in [1.807, 2.05) is 19.2 Å². The Morgan fingerprint density at radius 3 is 2.50 bits per heavy atom. The largest absolute Gasteiger partial charge is 0.379 e. The lowest BCUT2D eigenvalue weighted by molar-refractivity contribution is 0.0507. The Morgan fingerprint density at radius 1 is 1.33 bits per heavy atom. The molecule has 0 saturated heterocycles. The van der Waals surface area contributed by atoms with E-state index in [1.54, 1.807) is 0 Å². The van der Waals surface area contributed by atoms with Crippen LogP contribution < -0.4 is 5.32 Å². The maximum Gasteiger partial charge on any atom is 0.0794 e. The maximum absolute atomic E-state index is 5.96. The highest BCUT2D eigenvalue weighted by Crippen LogP contribution is 2.39. The number of nitrogens with one attached hydrogen (secondary N) is 1. The van der Waals surface area contributed by atoms with E-state index in [0.717, 1.165) is 18.0 Å². The number of hydrogen-bond donors (Lipinski definition) is 1. The molecule has 1 fully saturated rings. The van der Waals surface area contributed by atoms with E-state index in [-0.39, 0.29) is 12.1 Å². The lowest BCUT2D eigenvalue weighted by atomic mass is 9.98.